The molecule has 1 unspecified atom stereocenters. The average molecular weight is 710 g/mol. The number of amides is 6. The fourth-order valence-corrected chi connectivity index (χ4v) is 5.20. The Morgan fingerprint density at radius 2 is 1.44 bits per heavy atom. The summed E-state index contributed by atoms with van der Waals surface area (Å²) in [6.07, 6.45) is 0.376. The Morgan fingerprint density at radius 1 is 0.840 bits per heavy atom. The molecule has 0 saturated carbocycles. The molecule has 0 bridgehead atoms. The highest BCUT2D eigenvalue weighted by Gasteiger charge is 2.41. The number of likely N-dealkylation sites (tertiary alicyclic amines) is 1. The molecule has 6 atom stereocenters. The number of carboxylic acid groups (broad SMARTS) is 2. The number of carboxylic acids is 2. The van der Waals surface area contributed by atoms with Crippen LogP contribution in [-0.4, -0.2) is 118 Å². The van der Waals surface area contributed by atoms with E-state index in [2.05, 4.69) is 33.2 Å². The van der Waals surface area contributed by atoms with E-state index in [4.69, 9.17) is 15.9 Å². The van der Waals surface area contributed by atoms with Crippen molar-refractivity contribution in [3.63, 3.8) is 0 Å². The maximum atomic E-state index is 13.8. The number of likely N-dealkylation sites (N-methyl/N-ethyl adjacent to an activating group) is 1. The highest BCUT2D eigenvalue weighted by molar-refractivity contribution is 6.38. The summed E-state index contributed by atoms with van der Waals surface area (Å²) in [6, 6.07) is -7.64. The predicted octanol–water partition coefficient (Wildman–Crippen LogP) is -1.82. The van der Waals surface area contributed by atoms with Crippen LogP contribution < -0.4 is 32.3 Å². The molecular weight excluding hydrogens is 658 g/mol. The number of ketones is 1. The Balaban J connectivity index is 3.17. The summed E-state index contributed by atoms with van der Waals surface area (Å²) in [5.74, 6) is -9.40. The van der Waals surface area contributed by atoms with E-state index < -0.39 is 121 Å². The van der Waals surface area contributed by atoms with Gasteiger partial charge in [-0.05, 0) is 44.4 Å². The van der Waals surface area contributed by atoms with Gasteiger partial charge in [0.2, 0.25) is 35.3 Å². The average Bonchev–Trinajstić information content (AvgIpc) is 3.53. The zero-order chi connectivity index (χ0) is 38.3. The molecular formula is C32H51N7O11. The van der Waals surface area contributed by atoms with Gasteiger partial charge >= 0.3 is 11.9 Å². The number of nitrogens with zero attached hydrogens (tertiary/aromatic N) is 1. The predicted molar refractivity (Wildman–Crippen MR) is 178 cm³/mol. The minimum absolute atomic E-state index is 0.0225. The highest BCUT2D eigenvalue weighted by atomic mass is 16.4. The lowest BCUT2D eigenvalue weighted by Crippen LogP contribution is -2.61. The lowest BCUT2D eigenvalue weighted by molar-refractivity contribution is -0.144. The maximum Gasteiger partial charge on any atom is 0.305 e. The van der Waals surface area contributed by atoms with Crippen LogP contribution >= 0.6 is 0 Å². The lowest BCUT2D eigenvalue weighted by Gasteiger charge is -2.33. The second-order valence-corrected chi connectivity index (χ2v) is 12.7. The summed E-state index contributed by atoms with van der Waals surface area (Å²) in [5, 5.41) is 30.4. The van der Waals surface area contributed by atoms with Gasteiger partial charge in [-0.25, -0.2) is 0 Å². The Morgan fingerprint density at radius 3 is 1.96 bits per heavy atom. The highest BCUT2D eigenvalue weighted by Crippen LogP contribution is 2.21. The van der Waals surface area contributed by atoms with Crippen LogP contribution in [0.25, 0.3) is 0 Å². The van der Waals surface area contributed by atoms with E-state index in [0.717, 1.165) is 0 Å². The van der Waals surface area contributed by atoms with E-state index in [9.17, 15) is 43.2 Å². The lowest BCUT2D eigenvalue weighted by atomic mass is 9.98. The maximum absolute atomic E-state index is 13.8. The zero-order valence-electron chi connectivity index (χ0n) is 29.2. The van der Waals surface area contributed by atoms with Gasteiger partial charge in [0.25, 0.3) is 5.91 Å². The summed E-state index contributed by atoms with van der Waals surface area (Å²) in [6.45, 7) is 12.1. The SMILES string of the molecule is C=CCC(NC(=O)[C@@H]1CCCN1C(=O)[C@@H](NC(=O)[C@@H](NC(=O)[C@H](CCC(=O)O)NC(=O)[C@@H](N)CC(=O)O)C(C)C)C(C)C)C(=O)C(=O)NCC. The minimum atomic E-state index is -1.53. The van der Waals surface area contributed by atoms with Crippen molar-refractivity contribution in [2.24, 2.45) is 17.6 Å². The normalized spacial score (nSPS) is 17.0. The van der Waals surface area contributed by atoms with Crippen molar-refractivity contribution in [3.8, 4) is 0 Å². The van der Waals surface area contributed by atoms with Crippen LogP contribution in [0.3, 0.4) is 0 Å². The molecule has 280 valence electrons. The second kappa shape index (κ2) is 20.6. The van der Waals surface area contributed by atoms with Crippen LogP contribution in [0, 0.1) is 11.8 Å². The number of nitrogens with two attached hydrogens (primary N) is 1. The first-order valence-corrected chi connectivity index (χ1v) is 16.5. The van der Waals surface area contributed by atoms with Crippen molar-refractivity contribution in [2.45, 2.75) is 109 Å². The van der Waals surface area contributed by atoms with Crippen LogP contribution in [0.2, 0.25) is 0 Å². The number of nitrogens with one attached hydrogen (secondary N) is 5. The van der Waals surface area contributed by atoms with Crippen LogP contribution in [0.15, 0.2) is 12.7 Å². The molecule has 18 nitrogen and oxygen atoms in total. The Kier molecular flexibility index (Phi) is 17.8. The fourth-order valence-electron chi connectivity index (χ4n) is 5.20. The van der Waals surface area contributed by atoms with Crippen LogP contribution in [0.5, 0.6) is 0 Å². The fraction of sp³-hybridized carbons (Fsp3) is 0.656. The number of Topliss-reactive ketones (excluding diaryl/α,β-unsaturated/α-hetero) is 1. The van der Waals surface area contributed by atoms with Crippen molar-refractivity contribution in [2.75, 3.05) is 13.1 Å². The van der Waals surface area contributed by atoms with Gasteiger partial charge in [-0.1, -0.05) is 33.8 Å². The zero-order valence-corrected chi connectivity index (χ0v) is 29.2. The number of carbonyl (C=O) groups is 9. The van der Waals surface area contributed by atoms with Crippen molar-refractivity contribution in [1.29, 1.82) is 0 Å². The molecule has 1 heterocycles. The van der Waals surface area contributed by atoms with E-state index in [-0.39, 0.29) is 25.9 Å². The van der Waals surface area contributed by atoms with Gasteiger partial charge in [0.1, 0.15) is 30.2 Å². The molecule has 0 aliphatic carbocycles. The van der Waals surface area contributed by atoms with Crippen molar-refractivity contribution in [3.05, 3.63) is 12.7 Å². The Hall–Kier alpha value is -4.87. The van der Waals surface area contributed by atoms with Crippen molar-refractivity contribution >= 4 is 53.2 Å². The molecule has 18 heteroatoms. The summed E-state index contributed by atoms with van der Waals surface area (Å²) in [4.78, 5) is 115. The Bertz CT molecular complexity index is 1300. The topological polar surface area (TPSA) is 283 Å². The van der Waals surface area contributed by atoms with Crippen molar-refractivity contribution < 1.29 is 53.4 Å². The largest absolute Gasteiger partial charge is 0.481 e. The third kappa shape index (κ3) is 13.2. The van der Waals surface area contributed by atoms with Gasteiger partial charge < -0.3 is 47.4 Å². The molecule has 0 spiro atoms. The molecule has 1 saturated heterocycles. The molecule has 0 radical (unpaired) electrons. The number of hydrogen-bond donors (Lipinski definition) is 8. The molecule has 6 amide bonds. The van der Waals surface area contributed by atoms with Gasteiger partial charge in [-0.2, -0.15) is 0 Å². The first-order valence-electron chi connectivity index (χ1n) is 16.5. The van der Waals surface area contributed by atoms with E-state index >= 15 is 0 Å². The first-order chi connectivity index (χ1) is 23.4. The summed E-state index contributed by atoms with van der Waals surface area (Å²) in [5.41, 5.74) is 5.58. The first kappa shape index (κ1) is 43.2. The van der Waals surface area contributed by atoms with Gasteiger partial charge in [0.15, 0.2) is 0 Å². The quantitative estimate of drug-likeness (QED) is 0.0483. The van der Waals surface area contributed by atoms with E-state index in [1.807, 2.05) is 0 Å². The monoisotopic (exact) mass is 709 g/mol. The van der Waals surface area contributed by atoms with Gasteiger partial charge in [-0.15, -0.1) is 6.58 Å². The van der Waals surface area contributed by atoms with Crippen LogP contribution in [-0.2, 0) is 43.2 Å². The molecule has 0 aromatic rings. The minimum Gasteiger partial charge on any atom is -0.481 e. The van der Waals surface area contributed by atoms with Crippen LogP contribution in [0.4, 0.5) is 0 Å². The van der Waals surface area contributed by atoms with E-state index in [1.165, 1.54) is 11.0 Å². The molecule has 1 fully saturated rings. The molecule has 9 N–H and O–H groups in total. The summed E-state index contributed by atoms with van der Waals surface area (Å²) < 4.78 is 0. The summed E-state index contributed by atoms with van der Waals surface area (Å²) >= 11 is 0. The standard InChI is InChI=1S/C32H51N7O11/c1-7-10-19(26(44)31(49)34-8-2)35-29(47)21-11-9-14-39(21)32(50)25(17(5)6)38-30(48)24(16(3)4)37-28(46)20(12-13-22(40)41)36-27(45)18(33)15-23(42)43/h7,16-21,24-25H,1,8-15,33H2,2-6H3,(H,34,49)(H,35,47)(H,36,45)(H,37,46)(H,38,48)(H,40,41)(H,42,43)/t18-,19?,20-,21-,24-,25-/m0/s1. The smallest absolute Gasteiger partial charge is 0.305 e. The summed E-state index contributed by atoms with van der Waals surface area (Å²) in [7, 11) is 0. The number of rotatable bonds is 21. The third-order valence-corrected chi connectivity index (χ3v) is 7.92. The second-order valence-electron chi connectivity index (χ2n) is 12.7. The van der Waals surface area contributed by atoms with Crippen molar-refractivity contribution in [1.82, 2.24) is 31.5 Å². The van der Waals surface area contributed by atoms with Crippen LogP contribution in [0.1, 0.15) is 73.1 Å². The molecule has 50 heavy (non-hydrogen) atoms. The molecule has 1 rings (SSSR count). The number of aliphatic carboxylic acids is 2. The van der Waals surface area contributed by atoms with Gasteiger partial charge in [0, 0.05) is 19.5 Å². The van der Waals surface area contributed by atoms with E-state index in [1.54, 1.807) is 34.6 Å². The number of hydrogen-bond acceptors (Lipinski definition) is 10. The molecule has 0 aromatic heterocycles. The van der Waals surface area contributed by atoms with Gasteiger partial charge in [0.05, 0.1) is 12.5 Å². The third-order valence-electron chi connectivity index (χ3n) is 7.92. The van der Waals surface area contributed by atoms with Gasteiger partial charge in [-0.3, -0.25) is 43.2 Å². The molecule has 1 aliphatic heterocycles. The van der Waals surface area contributed by atoms with E-state index in [0.29, 0.717) is 6.42 Å². The number of carbonyl (C=O) groups excluding carboxylic acids is 7. The molecule has 0 aromatic carbocycles. The molecule has 1 aliphatic rings. The Labute approximate surface area is 290 Å².